The summed E-state index contributed by atoms with van der Waals surface area (Å²) < 4.78 is 12.1. The zero-order valence-electron chi connectivity index (χ0n) is 9.65. The van der Waals surface area contributed by atoms with E-state index in [1.54, 1.807) is 4.57 Å². The summed E-state index contributed by atoms with van der Waals surface area (Å²) in [6.07, 6.45) is 4.92. The van der Waals surface area contributed by atoms with Gasteiger partial charge in [-0.3, -0.25) is 0 Å². The third-order valence-corrected chi connectivity index (χ3v) is 4.50. The van der Waals surface area contributed by atoms with E-state index in [0.717, 1.165) is 22.5 Å². The van der Waals surface area contributed by atoms with E-state index in [1.807, 2.05) is 12.2 Å². The smallest absolute Gasteiger partial charge is 0.418 e. The molecule has 2 aliphatic heterocycles. The third-order valence-electron chi connectivity index (χ3n) is 3.11. The fourth-order valence-electron chi connectivity index (χ4n) is 2.41. The molecule has 0 saturated heterocycles. The molecule has 0 saturated carbocycles. The number of rotatable bonds is 2. The van der Waals surface area contributed by atoms with Gasteiger partial charge in [-0.1, -0.05) is 3.67 Å². The highest BCUT2D eigenvalue weighted by atomic mass is 127. The highest BCUT2D eigenvalue weighted by Gasteiger charge is 2.27. The number of carbonyl (C=O) groups is 1. The van der Waals surface area contributed by atoms with Gasteiger partial charge in [0, 0.05) is 24.3 Å². The maximum absolute atomic E-state index is 11.9. The molecule has 1 aromatic heterocycles. The lowest BCUT2D eigenvalue weighted by molar-refractivity contribution is 0.137. The van der Waals surface area contributed by atoms with Crippen LogP contribution in [0.25, 0.3) is 12.2 Å². The van der Waals surface area contributed by atoms with Crippen LogP contribution in [-0.4, -0.2) is 32.6 Å². The molecule has 0 amide bonds. The lowest BCUT2D eigenvalue weighted by Gasteiger charge is -2.17. The van der Waals surface area contributed by atoms with Gasteiger partial charge in [0.1, 0.15) is 0 Å². The van der Waals surface area contributed by atoms with Crippen molar-refractivity contribution in [1.82, 2.24) is 4.57 Å². The molecule has 0 bridgehead atoms. The number of nitrogens with zero attached hydrogens (tertiary/aromatic N) is 1. The topological polar surface area (TPSA) is 51.5 Å². The molecular weight excluding hydrogens is 345 g/mol. The van der Waals surface area contributed by atoms with Gasteiger partial charge < -0.3 is 9.84 Å². The van der Waals surface area contributed by atoms with Crippen molar-refractivity contribution in [3.63, 3.8) is 0 Å². The van der Waals surface area contributed by atoms with E-state index in [4.69, 9.17) is 4.74 Å². The third kappa shape index (κ3) is 1.79. The maximum Gasteiger partial charge on any atom is 0.418 e. The van der Waals surface area contributed by atoms with Gasteiger partial charge in [0.05, 0.1) is 12.3 Å². The Kier molecular flexibility index (Phi) is 3.20. The van der Waals surface area contributed by atoms with Crippen molar-refractivity contribution >= 4 is 42.6 Å². The van der Waals surface area contributed by atoms with Crippen LogP contribution in [0.3, 0.4) is 0 Å². The molecule has 0 aliphatic carbocycles. The van der Waals surface area contributed by atoms with Crippen molar-refractivity contribution in [3.8, 4) is 0 Å². The van der Waals surface area contributed by atoms with Crippen LogP contribution in [0.15, 0.2) is 4.08 Å². The number of aliphatic hydroxyl groups excluding tert-OH is 1. The predicted molar refractivity (Wildman–Crippen MR) is 78.2 cm³/mol. The summed E-state index contributed by atoms with van der Waals surface area (Å²) in [5, 5.41) is 9.21. The summed E-state index contributed by atoms with van der Waals surface area (Å²) in [6.45, 7) is 0.509. The second-order valence-electron chi connectivity index (χ2n) is 4.05. The second-order valence-corrected chi connectivity index (χ2v) is 6.02. The summed E-state index contributed by atoms with van der Waals surface area (Å²) in [7, 11) is 0. The summed E-state index contributed by atoms with van der Waals surface area (Å²) in [5.41, 5.74) is 3.94. The number of hydrogen-bond acceptors (Lipinski definition) is 3. The number of cyclic esters (lactones) is 1. The molecule has 94 valence electrons. The Labute approximate surface area is 114 Å². The van der Waals surface area contributed by atoms with E-state index in [0.29, 0.717) is 19.4 Å². The molecule has 2 aliphatic rings. The number of ether oxygens (including phenoxy) is 1. The van der Waals surface area contributed by atoms with Gasteiger partial charge in [-0.05, 0) is 48.9 Å². The largest absolute Gasteiger partial charge is 0.448 e. The molecule has 4 nitrogen and oxygen atoms in total. The summed E-state index contributed by atoms with van der Waals surface area (Å²) in [5.74, 6) is 0. The Morgan fingerprint density at radius 3 is 3.28 bits per heavy atom. The van der Waals surface area contributed by atoms with Crippen LogP contribution >= 0.6 is 20.7 Å². The van der Waals surface area contributed by atoms with Gasteiger partial charge in [-0.15, -0.1) is 0 Å². The Morgan fingerprint density at radius 2 is 2.44 bits per heavy atom. The molecule has 18 heavy (non-hydrogen) atoms. The van der Waals surface area contributed by atoms with E-state index in [-0.39, 0.29) is 33.4 Å². The molecule has 3 rings (SSSR count). The average Bonchev–Trinajstić information content (AvgIpc) is 2.53. The molecule has 3 heterocycles. The van der Waals surface area contributed by atoms with Crippen LogP contribution < -0.4 is 0 Å². The monoisotopic (exact) mass is 357 g/mol. The Hall–Kier alpha value is -1.17. The number of aromatic nitrogens is 1. The van der Waals surface area contributed by atoms with Crippen molar-refractivity contribution in [1.29, 1.82) is 0 Å². The predicted octanol–water partition coefficient (Wildman–Crippen LogP) is 1.93. The highest BCUT2D eigenvalue weighted by molar-refractivity contribution is 14.2. The molecule has 1 aromatic rings. The summed E-state index contributed by atoms with van der Waals surface area (Å²) in [4.78, 5) is 11.9. The second kappa shape index (κ2) is 4.84. The molecule has 0 radical (unpaired) electrons. The minimum atomic E-state index is -0.310. The van der Waals surface area contributed by atoms with Gasteiger partial charge in [-0.2, -0.15) is 0 Å². The van der Waals surface area contributed by atoms with Crippen LogP contribution in [0.5, 0.6) is 0 Å². The van der Waals surface area contributed by atoms with Gasteiger partial charge in [0.2, 0.25) is 0 Å². The SMILES string of the molecule is O=C1OCCc2c(CCO)c3c(n21)C=CI=C=C3. The summed E-state index contributed by atoms with van der Waals surface area (Å²) in [6, 6.07) is 0. The number of hydrogen-bond donors (Lipinski definition) is 1. The first-order valence-electron chi connectivity index (χ1n) is 5.75. The minimum absolute atomic E-state index is 0.0884. The molecule has 0 unspecified atom stereocenters. The number of fused-ring (bicyclic) bond motifs is 3. The van der Waals surface area contributed by atoms with Gasteiger partial charge >= 0.3 is 6.09 Å². The first-order chi connectivity index (χ1) is 8.83. The van der Waals surface area contributed by atoms with E-state index >= 15 is 0 Å². The molecular formula is C13H12INO3. The molecule has 5 heteroatoms. The zero-order chi connectivity index (χ0) is 12.5. The van der Waals surface area contributed by atoms with E-state index < -0.39 is 0 Å². The molecule has 0 spiro atoms. The number of halogens is 1. The van der Waals surface area contributed by atoms with E-state index in [1.165, 1.54) is 0 Å². The van der Waals surface area contributed by atoms with Crippen LogP contribution in [0.2, 0.25) is 0 Å². The van der Waals surface area contributed by atoms with Gasteiger partial charge in [0.15, 0.2) is 0 Å². The van der Waals surface area contributed by atoms with Crippen molar-refractivity contribution in [2.45, 2.75) is 12.8 Å². The van der Waals surface area contributed by atoms with Crippen LogP contribution in [0.4, 0.5) is 4.79 Å². The van der Waals surface area contributed by atoms with Crippen molar-refractivity contribution in [2.75, 3.05) is 13.2 Å². The van der Waals surface area contributed by atoms with E-state index in [2.05, 4.69) is 7.75 Å². The fourth-order valence-corrected chi connectivity index (χ4v) is 3.63. The minimum Gasteiger partial charge on any atom is -0.448 e. The van der Waals surface area contributed by atoms with Crippen LogP contribution in [0, 0.1) is 0 Å². The molecule has 0 fully saturated rings. The molecule has 1 N–H and O–H groups in total. The van der Waals surface area contributed by atoms with Gasteiger partial charge in [0.25, 0.3) is 0 Å². The Morgan fingerprint density at radius 1 is 1.56 bits per heavy atom. The summed E-state index contributed by atoms with van der Waals surface area (Å²) >= 11 is -0.201. The normalized spacial score (nSPS) is 16.6. The average molecular weight is 357 g/mol. The standard InChI is InChI=1S/C13H12INO3/c16-7-3-10-9-1-5-14-6-2-11(9)15-12(10)4-8-18-13(15)17/h1-2,6,16H,3-4,7-8H2. The highest BCUT2D eigenvalue weighted by Crippen LogP contribution is 2.30. The van der Waals surface area contributed by atoms with Crippen molar-refractivity contribution < 1.29 is 14.6 Å². The fraction of sp³-hybridized carbons (Fsp3) is 0.308. The lowest BCUT2D eigenvalue weighted by atomic mass is 10.0. The Bertz CT molecular complexity index is 606. The lowest BCUT2D eigenvalue weighted by Crippen LogP contribution is -2.25. The first kappa shape index (κ1) is 11.9. The van der Waals surface area contributed by atoms with Crippen molar-refractivity contribution in [3.05, 3.63) is 26.6 Å². The molecule has 0 atom stereocenters. The number of aliphatic hydroxyl groups is 1. The number of carbonyl (C=O) groups excluding carboxylic acids is 1. The maximum atomic E-state index is 11.9. The van der Waals surface area contributed by atoms with Crippen molar-refractivity contribution in [2.24, 2.45) is 0 Å². The Balaban J connectivity index is 2.29. The van der Waals surface area contributed by atoms with Gasteiger partial charge in [-0.25, -0.2) is 9.36 Å². The van der Waals surface area contributed by atoms with Crippen LogP contribution in [0.1, 0.15) is 22.5 Å². The van der Waals surface area contributed by atoms with Crippen LogP contribution in [-0.2, 0) is 17.6 Å². The van der Waals surface area contributed by atoms with E-state index in [9.17, 15) is 9.90 Å². The quantitative estimate of drug-likeness (QED) is 0.824. The molecule has 0 aromatic carbocycles. The first-order valence-corrected chi connectivity index (χ1v) is 8.07. The zero-order valence-corrected chi connectivity index (χ0v) is 11.8.